The third kappa shape index (κ3) is 9.37. The minimum Gasteiger partial charge on any atom is -0.642 e. The van der Waals surface area contributed by atoms with Crippen molar-refractivity contribution < 1.29 is 148 Å². The van der Waals surface area contributed by atoms with Gasteiger partial charge in [-0.3, -0.25) is 9.59 Å². The van der Waals surface area contributed by atoms with Gasteiger partial charge in [0, 0.05) is 109 Å². The monoisotopic (exact) mass is 1090 g/mol. The molecule has 2 spiro atoms. The van der Waals surface area contributed by atoms with Crippen molar-refractivity contribution in [1.82, 2.24) is 0 Å². The number of nitrogens with zero attached hydrogens (tertiary/aromatic N) is 2. The number of ketones is 2. The van der Waals surface area contributed by atoms with E-state index < -0.39 is 41.3 Å². The number of carbonyl (C=O) groups is 4. The zero-order valence-corrected chi connectivity index (χ0v) is 35.0. The van der Waals surface area contributed by atoms with Gasteiger partial charge in [0.25, 0.3) is 0 Å². The summed E-state index contributed by atoms with van der Waals surface area (Å²) < 4.78 is 11.2. The van der Waals surface area contributed by atoms with E-state index in [1.807, 2.05) is 60.7 Å². The van der Waals surface area contributed by atoms with E-state index in [0.717, 1.165) is 11.1 Å². The molecule has 228 valence electrons. The SMILES string of the molecule is O=C1CC2(C=CC(=O)[C@@H](O)[C@H]2OCc2ccccc2)[N-]1.O=C1CC2(C=CC(=O)[C@@H](OCc3ccccc3)[C@H]2O)[N-]1.[2HH].[W].[W].[Y].[Y]. The first-order valence-corrected chi connectivity index (χ1v) is 12.9. The molecule has 2 heterocycles. The topological polar surface area (TPSA) is 155 Å². The molecule has 2 aromatic rings. The number of β-lactam (4-membered cyclic amide) rings is 2. The Morgan fingerprint density at radius 1 is 0.705 bits per heavy atom. The number of hydrogen-bond acceptors (Lipinski definition) is 8. The van der Waals surface area contributed by atoms with Gasteiger partial charge in [-0.15, -0.1) is 0 Å². The number of benzene rings is 2. The zero-order valence-electron chi connectivity index (χ0n) is 23.4. The van der Waals surface area contributed by atoms with Gasteiger partial charge in [0.1, 0.15) is 12.2 Å². The van der Waals surface area contributed by atoms with E-state index >= 15 is 0 Å². The smallest absolute Gasteiger partial charge is 0.186 e. The molecule has 6 rings (SSSR count). The van der Waals surface area contributed by atoms with Crippen LogP contribution in [0.4, 0.5) is 0 Å². The molecular formula is C30H30N2O8W2Y2-2. The van der Waals surface area contributed by atoms with Crippen molar-refractivity contribution in [3.8, 4) is 0 Å². The first kappa shape index (κ1) is 41.6. The summed E-state index contributed by atoms with van der Waals surface area (Å²) in [4.78, 5) is 45.6. The fourth-order valence-corrected chi connectivity index (χ4v) is 5.06. The fourth-order valence-electron chi connectivity index (χ4n) is 5.06. The predicted octanol–water partition coefficient (Wildman–Crippen LogP) is 2.46. The standard InChI is InChI=1S/2C15H15NO4.2W.2Y.H2/c17-11-6-7-15(8-12(18)16-15)14(19)13(11)20-9-10-4-2-1-3-5-10;17-11-6-7-15(8-12(18)16-15)14(13(11)19)20-9-10-4-2-1-3-5-10;;;;;/h2*1-7,13-14,19H,8-9H2,(H,16,18);;;;;1H/p-2/t2*13-,14-,15?;;;;;/m11...../s1/i;;;;;;1+1. The molecule has 2 radical (unpaired) electrons. The van der Waals surface area contributed by atoms with Gasteiger partial charge < -0.3 is 39.9 Å². The first-order valence-electron chi connectivity index (χ1n) is 12.9. The van der Waals surface area contributed by atoms with Crippen molar-refractivity contribution >= 4 is 23.4 Å². The average Bonchev–Trinajstić information content (AvgIpc) is 2.92. The second kappa shape index (κ2) is 18.2. The Morgan fingerprint density at radius 3 is 1.64 bits per heavy atom. The van der Waals surface area contributed by atoms with Crippen LogP contribution in [-0.4, -0.2) is 69.1 Å². The third-order valence-corrected chi connectivity index (χ3v) is 7.30. The van der Waals surface area contributed by atoms with Crippen molar-refractivity contribution in [2.45, 2.75) is 61.5 Å². The van der Waals surface area contributed by atoms with Crippen LogP contribution in [-0.2, 0) is 149 Å². The van der Waals surface area contributed by atoms with E-state index in [4.69, 9.17) is 9.47 Å². The Kier molecular flexibility index (Phi) is 17.3. The Labute approximate surface area is 335 Å². The summed E-state index contributed by atoms with van der Waals surface area (Å²) in [5.74, 6) is -1.20. The number of rotatable bonds is 6. The molecule has 2 N–H and O–H groups in total. The summed E-state index contributed by atoms with van der Waals surface area (Å²) in [5, 5.41) is 28.0. The van der Waals surface area contributed by atoms with Gasteiger partial charge in [-0.25, -0.2) is 0 Å². The number of ether oxygens (including phenoxy) is 2. The van der Waals surface area contributed by atoms with Crippen LogP contribution < -0.4 is 0 Å². The molecule has 2 fully saturated rings. The van der Waals surface area contributed by atoms with Gasteiger partial charge in [0.2, 0.25) is 0 Å². The summed E-state index contributed by atoms with van der Waals surface area (Å²) in [6.07, 6.45) is 1.83. The Morgan fingerprint density at radius 2 is 1.14 bits per heavy atom. The molecule has 0 saturated carbocycles. The van der Waals surface area contributed by atoms with Crippen LogP contribution in [0.25, 0.3) is 10.6 Å². The zero-order chi connectivity index (χ0) is 28.3. The number of amides is 2. The van der Waals surface area contributed by atoms with Gasteiger partial charge in [-0.1, -0.05) is 72.8 Å². The molecule has 14 heteroatoms. The molecule has 44 heavy (non-hydrogen) atoms. The molecule has 10 nitrogen and oxygen atoms in total. The minimum atomic E-state index is -1.28. The van der Waals surface area contributed by atoms with E-state index in [1.165, 1.54) is 18.2 Å². The van der Waals surface area contributed by atoms with Gasteiger partial charge in [-0.2, -0.15) is 0 Å². The van der Waals surface area contributed by atoms with Crippen LogP contribution in [0.2, 0.25) is 0 Å². The molecule has 2 aliphatic carbocycles. The second-order valence-corrected chi connectivity index (χ2v) is 10.1. The normalized spacial score (nSPS) is 29.1. The summed E-state index contributed by atoms with van der Waals surface area (Å²) in [6, 6.07) is 18.8. The Balaban J connectivity index is 0.000000774. The van der Waals surface area contributed by atoms with Crippen molar-refractivity contribution in [2.24, 2.45) is 0 Å². The van der Waals surface area contributed by atoms with Gasteiger partial charge >= 0.3 is 0 Å². The molecule has 2 saturated heterocycles. The van der Waals surface area contributed by atoms with Crippen LogP contribution in [0.3, 0.4) is 0 Å². The van der Waals surface area contributed by atoms with E-state index in [1.54, 1.807) is 6.08 Å². The maximum atomic E-state index is 11.8. The van der Waals surface area contributed by atoms with Gasteiger partial charge in [0.05, 0.1) is 37.2 Å². The summed E-state index contributed by atoms with van der Waals surface area (Å²) in [7, 11) is 0. The average molecular weight is 1090 g/mol. The molecule has 2 unspecified atom stereocenters. The second-order valence-electron chi connectivity index (χ2n) is 10.1. The van der Waals surface area contributed by atoms with Crippen molar-refractivity contribution in [2.75, 3.05) is 0 Å². The molecule has 2 aromatic carbocycles. The van der Waals surface area contributed by atoms with Crippen LogP contribution in [0.1, 0.15) is 25.4 Å². The maximum absolute atomic E-state index is 11.8. The van der Waals surface area contributed by atoms with Crippen LogP contribution in [0.5, 0.6) is 0 Å². The van der Waals surface area contributed by atoms with E-state index in [2.05, 4.69) is 10.6 Å². The minimum absolute atomic E-state index is 0. The number of aliphatic hydroxyl groups is 2. The third-order valence-electron chi connectivity index (χ3n) is 7.30. The molecule has 2 amide bonds. The summed E-state index contributed by atoms with van der Waals surface area (Å²) >= 11 is 0. The molecular weight excluding hydrogens is 1060 g/mol. The van der Waals surface area contributed by atoms with Crippen molar-refractivity contribution in [3.05, 3.63) is 107 Å². The molecule has 6 atom stereocenters. The van der Waals surface area contributed by atoms with Crippen LogP contribution >= 0.6 is 0 Å². The fraction of sp³-hybridized carbons (Fsp3) is 0.333. The first-order chi connectivity index (χ1) is 19.2. The Hall–Kier alpha value is -0.376. The van der Waals surface area contributed by atoms with E-state index in [-0.39, 0.29) is 153 Å². The van der Waals surface area contributed by atoms with Crippen LogP contribution in [0.15, 0.2) is 85.0 Å². The van der Waals surface area contributed by atoms with Crippen molar-refractivity contribution in [3.63, 3.8) is 0 Å². The molecule has 0 bridgehead atoms. The number of carbonyl (C=O) groups excluding carboxylic acids is 4. The summed E-state index contributed by atoms with van der Waals surface area (Å²) in [6.45, 7) is 0.487. The van der Waals surface area contributed by atoms with Crippen LogP contribution in [0, 0.1) is 0 Å². The predicted molar refractivity (Wildman–Crippen MR) is 144 cm³/mol. The number of hydrogen-bond donors (Lipinski definition) is 2. The molecule has 2 aliphatic heterocycles. The quantitative estimate of drug-likeness (QED) is 0.419. The molecule has 0 aromatic heterocycles. The maximum Gasteiger partial charge on any atom is 0.186 e. The number of aliphatic hydroxyl groups excluding tert-OH is 2. The van der Waals surface area contributed by atoms with Gasteiger partial charge in [0.15, 0.2) is 11.6 Å². The van der Waals surface area contributed by atoms with Crippen molar-refractivity contribution in [1.29, 1.82) is 0 Å². The Bertz CT molecular complexity index is 1350. The summed E-state index contributed by atoms with van der Waals surface area (Å²) in [5.41, 5.74) is 0.00571. The molecule has 4 aliphatic rings. The van der Waals surface area contributed by atoms with Gasteiger partial charge in [-0.05, 0) is 47.2 Å². The largest absolute Gasteiger partial charge is 0.642 e. The van der Waals surface area contributed by atoms with E-state index in [9.17, 15) is 29.4 Å². The van der Waals surface area contributed by atoms with E-state index in [0.29, 0.717) is 0 Å².